The normalized spacial score (nSPS) is 12.3. The van der Waals surface area contributed by atoms with Gasteiger partial charge in [0.25, 0.3) is 0 Å². The molecule has 0 spiro atoms. The van der Waals surface area contributed by atoms with Crippen LogP contribution in [0.15, 0.2) is 47.1 Å². The molecule has 0 saturated heterocycles. The first-order valence-corrected chi connectivity index (χ1v) is 7.79. The van der Waals surface area contributed by atoms with Gasteiger partial charge in [-0.3, -0.25) is 0 Å². The summed E-state index contributed by atoms with van der Waals surface area (Å²) < 4.78 is 5.25. The van der Waals surface area contributed by atoms with E-state index >= 15 is 0 Å². The highest BCUT2D eigenvalue weighted by molar-refractivity contribution is 7.12. The van der Waals surface area contributed by atoms with Crippen molar-refractivity contribution in [3.8, 4) is 11.3 Å². The van der Waals surface area contributed by atoms with Crippen molar-refractivity contribution in [2.45, 2.75) is 26.8 Å². The highest BCUT2D eigenvalue weighted by Crippen LogP contribution is 2.27. The predicted octanol–water partition coefficient (Wildman–Crippen LogP) is 5.19. The third kappa shape index (κ3) is 3.16. The number of aryl methyl sites for hydroxylation is 2. The molecule has 0 aliphatic heterocycles. The van der Waals surface area contributed by atoms with Gasteiger partial charge in [-0.25, -0.2) is 4.98 Å². The molecule has 108 valence electrons. The number of thiophene rings is 1. The Labute approximate surface area is 128 Å². The lowest BCUT2D eigenvalue weighted by Gasteiger charge is -2.13. The standard InChI is InChI=1S/C17H18N2OS/c1-11-4-9-17(21-11)12(2)18-15-7-5-14(6-8-15)16-10-20-13(3)19-16/h4-10,12,18H,1-3H3. The van der Waals surface area contributed by atoms with Crippen LogP contribution in [-0.2, 0) is 0 Å². The van der Waals surface area contributed by atoms with Crippen LogP contribution in [0.4, 0.5) is 5.69 Å². The van der Waals surface area contributed by atoms with Crippen molar-refractivity contribution in [3.63, 3.8) is 0 Å². The quantitative estimate of drug-likeness (QED) is 0.720. The molecule has 3 nitrogen and oxygen atoms in total. The minimum atomic E-state index is 0.309. The summed E-state index contributed by atoms with van der Waals surface area (Å²) in [6, 6.07) is 12.9. The third-order valence-corrected chi connectivity index (χ3v) is 4.55. The molecular weight excluding hydrogens is 280 g/mol. The Bertz CT molecular complexity index is 727. The molecular formula is C17H18N2OS. The molecule has 1 aromatic carbocycles. The monoisotopic (exact) mass is 298 g/mol. The Morgan fingerprint density at radius 3 is 2.43 bits per heavy atom. The summed E-state index contributed by atoms with van der Waals surface area (Å²) in [5.41, 5.74) is 3.05. The summed E-state index contributed by atoms with van der Waals surface area (Å²) >= 11 is 1.83. The van der Waals surface area contributed by atoms with E-state index in [0.717, 1.165) is 16.9 Å². The van der Waals surface area contributed by atoms with Crippen LogP contribution in [0.5, 0.6) is 0 Å². The molecule has 0 bridgehead atoms. The van der Waals surface area contributed by atoms with Gasteiger partial charge in [-0.1, -0.05) is 12.1 Å². The van der Waals surface area contributed by atoms with Gasteiger partial charge in [-0.05, 0) is 38.1 Å². The van der Waals surface area contributed by atoms with Gasteiger partial charge in [-0.2, -0.15) is 0 Å². The fourth-order valence-corrected chi connectivity index (χ4v) is 3.12. The second-order valence-corrected chi connectivity index (χ2v) is 6.46. The zero-order valence-corrected chi connectivity index (χ0v) is 13.2. The van der Waals surface area contributed by atoms with E-state index < -0.39 is 0 Å². The zero-order chi connectivity index (χ0) is 14.8. The van der Waals surface area contributed by atoms with Crippen molar-refractivity contribution >= 4 is 17.0 Å². The minimum absolute atomic E-state index is 0.309. The number of anilines is 1. The third-order valence-electron chi connectivity index (χ3n) is 3.37. The van der Waals surface area contributed by atoms with Crippen LogP contribution >= 0.6 is 11.3 Å². The number of nitrogens with one attached hydrogen (secondary N) is 1. The van der Waals surface area contributed by atoms with E-state index in [2.05, 4.69) is 60.5 Å². The summed E-state index contributed by atoms with van der Waals surface area (Å²) in [7, 11) is 0. The van der Waals surface area contributed by atoms with Crippen LogP contribution in [0, 0.1) is 13.8 Å². The zero-order valence-electron chi connectivity index (χ0n) is 12.4. The van der Waals surface area contributed by atoms with Crippen molar-refractivity contribution in [1.29, 1.82) is 0 Å². The van der Waals surface area contributed by atoms with E-state index in [9.17, 15) is 0 Å². The number of hydrogen-bond donors (Lipinski definition) is 1. The number of nitrogens with zero attached hydrogens (tertiary/aromatic N) is 1. The molecule has 0 radical (unpaired) electrons. The van der Waals surface area contributed by atoms with Crippen LogP contribution in [0.2, 0.25) is 0 Å². The molecule has 0 aliphatic rings. The fraction of sp³-hybridized carbons (Fsp3) is 0.235. The van der Waals surface area contributed by atoms with Crippen molar-refractivity contribution in [2.24, 2.45) is 0 Å². The van der Waals surface area contributed by atoms with E-state index in [-0.39, 0.29) is 0 Å². The van der Waals surface area contributed by atoms with Gasteiger partial charge >= 0.3 is 0 Å². The molecule has 4 heteroatoms. The number of aromatic nitrogens is 1. The summed E-state index contributed by atoms with van der Waals surface area (Å²) in [6.45, 7) is 6.17. The maximum atomic E-state index is 5.25. The highest BCUT2D eigenvalue weighted by Gasteiger charge is 2.08. The van der Waals surface area contributed by atoms with Gasteiger partial charge in [0.05, 0.1) is 6.04 Å². The molecule has 2 aromatic heterocycles. The molecule has 1 unspecified atom stereocenters. The number of benzene rings is 1. The Balaban J connectivity index is 1.72. The molecule has 0 aliphatic carbocycles. The van der Waals surface area contributed by atoms with Crippen molar-refractivity contribution < 1.29 is 4.42 Å². The molecule has 0 saturated carbocycles. The Morgan fingerprint density at radius 1 is 1.10 bits per heavy atom. The summed E-state index contributed by atoms with van der Waals surface area (Å²) in [5.74, 6) is 0.689. The average molecular weight is 298 g/mol. The molecule has 3 rings (SSSR count). The minimum Gasteiger partial charge on any atom is -0.449 e. The molecule has 1 N–H and O–H groups in total. The van der Waals surface area contributed by atoms with Gasteiger partial charge in [0, 0.05) is 27.9 Å². The maximum Gasteiger partial charge on any atom is 0.191 e. The second-order valence-electron chi connectivity index (χ2n) is 5.14. The summed E-state index contributed by atoms with van der Waals surface area (Å²) in [4.78, 5) is 7.03. The summed E-state index contributed by atoms with van der Waals surface area (Å²) in [6.07, 6.45) is 1.69. The maximum absolute atomic E-state index is 5.25. The van der Waals surface area contributed by atoms with Crippen molar-refractivity contribution in [1.82, 2.24) is 4.98 Å². The van der Waals surface area contributed by atoms with Crippen molar-refractivity contribution in [2.75, 3.05) is 5.32 Å². The smallest absolute Gasteiger partial charge is 0.191 e. The topological polar surface area (TPSA) is 38.1 Å². The number of rotatable bonds is 4. The lowest BCUT2D eigenvalue weighted by molar-refractivity contribution is 0.521. The highest BCUT2D eigenvalue weighted by atomic mass is 32.1. The lowest BCUT2D eigenvalue weighted by atomic mass is 10.1. The SMILES string of the molecule is Cc1nc(-c2ccc(NC(C)c3ccc(C)s3)cc2)co1. The van der Waals surface area contributed by atoms with Crippen LogP contribution in [-0.4, -0.2) is 4.98 Å². The lowest BCUT2D eigenvalue weighted by Crippen LogP contribution is -2.04. The Kier molecular flexibility index (Phi) is 3.80. The van der Waals surface area contributed by atoms with Gasteiger partial charge in [-0.15, -0.1) is 11.3 Å². The summed E-state index contributed by atoms with van der Waals surface area (Å²) in [5, 5.41) is 3.52. The molecule has 0 fully saturated rings. The van der Waals surface area contributed by atoms with Gasteiger partial charge in [0.1, 0.15) is 12.0 Å². The molecule has 21 heavy (non-hydrogen) atoms. The van der Waals surface area contributed by atoms with Crippen LogP contribution in [0.3, 0.4) is 0 Å². The van der Waals surface area contributed by atoms with Gasteiger partial charge in [0.2, 0.25) is 0 Å². The molecule has 3 aromatic rings. The first kappa shape index (κ1) is 13.9. The molecule has 1 atom stereocenters. The fourth-order valence-electron chi connectivity index (χ4n) is 2.24. The van der Waals surface area contributed by atoms with E-state index in [1.807, 2.05) is 18.3 Å². The van der Waals surface area contributed by atoms with Crippen LogP contribution < -0.4 is 5.32 Å². The second kappa shape index (κ2) is 5.74. The first-order chi connectivity index (χ1) is 10.1. The van der Waals surface area contributed by atoms with Gasteiger partial charge in [0.15, 0.2) is 5.89 Å². The molecule has 2 heterocycles. The molecule has 0 amide bonds. The van der Waals surface area contributed by atoms with Crippen LogP contribution in [0.1, 0.15) is 28.6 Å². The first-order valence-electron chi connectivity index (χ1n) is 6.97. The Hall–Kier alpha value is -2.07. The predicted molar refractivity (Wildman–Crippen MR) is 87.8 cm³/mol. The number of hydrogen-bond acceptors (Lipinski definition) is 4. The van der Waals surface area contributed by atoms with E-state index in [1.54, 1.807) is 6.26 Å². The largest absolute Gasteiger partial charge is 0.449 e. The average Bonchev–Trinajstić information content (AvgIpc) is 3.08. The van der Waals surface area contributed by atoms with E-state index in [0.29, 0.717) is 11.9 Å². The van der Waals surface area contributed by atoms with Gasteiger partial charge < -0.3 is 9.73 Å². The van der Waals surface area contributed by atoms with Crippen LogP contribution in [0.25, 0.3) is 11.3 Å². The van der Waals surface area contributed by atoms with E-state index in [1.165, 1.54) is 9.75 Å². The Morgan fingerprint density at radius 2 is 1.86 bits per heavy atom. The van der Waals surface area contributed by atoms with E-state index in [4.69, 9.17) is 4.42 Å². The van der Waals surface area contributed by atoms with Crippen molar-refractivity contribution in [3.05, 3.63) is 58.3 Å². The number of oxazole rings is 1.